The van der Waals surface area contributed by atoms with Gasteiger partial charge < -0.3 is 15.4 Å². The van der Waals surface area contributed by atoms with Crippen molar-refractivity contribution >= 4 is 5.82 Å². The highest BCUT2D eigenvalue weighted by Gasteiger charge is 2.29. The van der Waals surface area contributed by atoms with Crippen molar-refractivity contribution in [1.29, 1.82) is 0 Å². The molecule has 0 saturated heterocycles. The zero-order valence-corrected chi connectivity index (χ0v) is 9.72. The van der Waals surface area contributed by atoms with E-state index in [1.54, 1.807) is 7.11 Å². The van der Waals surface area contributed by atoms with E-state index in [0.29, 0.717) is 12.6 Å². The van der Waals surface area contributed by atoms with E-state index < -0.39 is 0 Å². The molecular weight excluding hydrogens is 202 g/mol. The van der Waals surface area contributed by atoms with Crippen LogP contribution in [0.1, 0.15) is 18.5 Å². The molecule has 0 atom stereocenters. The molecule has 1 aromatic rings. The predicted octanol–water partition coefficient (Wildman–Crippen LogP) is 1.16. The maximum atomic E-state index is 5.61. The van der Waals surface area contributed by atoms with Crippen molar-refractivity contribution in [3.05, 3.63) is 23.9 Å². The van der Waals surface area contributed by atoms with Crippen LogP contribution in [0.5, 0.6) is 0 Å². The fraction of sp³-hybridized carbons (Fsp3) is 0.583. The molecule has 0 aliphatic heterocycles. The molecule has 1 aliphatic rings. The molecular formula is C12H19N3O. The predicted molar refractivity (Wildman–Crippen MR) is 64.4 cm³/mol. The van der Waals surface area contributed by atoms with Gasteiger partial charge >= 0.3 is 0 Å². The summed E-state index contributed by atoms with van der Waals surface area (Å²) in [6.07, 6.45) is 2.52. The highest BCUT2D eigenvalue weighted by atomic mass is 16.5. The highest BCUT2D eigenvalue weighted by molar-refractivity contribution is 5.42. The monoisotopic (exact) mass is 221 g/mol. The zero-order chi connectivity index (χ0) is 11.4. The summed E-state index contributed by atoms with van der Waals surface area (Å²) >= 11 is 0. The Bertz CT molecular complexity index is 339. The van der Waals surface area contributed by atoms with Crippen LogP contribution in [-0.4, -0.2) is 31.3 Å². The Hall–Kier alpha value is -1.13. The molecule has 0 spiro atoms. The van der Waals surface area contributed by atoms with Crippen molar-refractivity contribution < 1.29 is 4.74 Å². The van der Waals surface area contributed by atoms with Gasteiger partial charge in [-0.3, -0.25) is 0 Å². The molecule has 1 aromatic heterocycles. The largest absolute Gasteiger partial charge is 0.383 e. The van der Waals surface area contributed by atoms with E-state index in [4.69, 9.17) is 10.5 Å². The number of rotatable bonds is 6. The van der Waals surface area contributed by atoms with Gasteiger partial charge in [0.1, 0.15) is 5.82 Å². The summed E-state index contributed by atoms with van der Waals surface area (Å²) in [6, 6.07) is 6.68. The smallest absolute Gasteiger partial charge is 0.129 e. The highest BCUT2D eigenvalue weighted by Crippen LogP contribution is 2.30. The van der Waals surface area contributed by atoms with Crippen LogP contribution < -0.4 is 10.6 Å². The number of anilines is 1. The Kier molecular flexibility index (Phi) is 3.74. The van der Waals surface area contributed by atoms with Gasteiger partial charge in [-0.25, -0.2) is 4.98 Å². The number of hydrogen-bond acceptors (Lipinski definition) is 4. The van der Waals surface area contributed by atoms with Gasteiger partial charge in [0, 0.05) is 26.2 Å². The molecule has 2 rings (SSSR count). The van der Waals surface area contributed by atoms with Crippen molar-refractivity contribution in [2.24, 2.45) is 5.73 Å². The standard InChI is InChI=1S/C12H19N3O/c1-16-8-7-15(11-5-6-11)12-4-2-3-10(9-13)14-12/h2-4,11H,5-9,13H2,1H3. The molecule has 88 valence electrons. The molecule has 16 heavy (non-hydrogen) atoms. The summed E-state index contributed by atoms with van der Waals surface area (Å²) in [5.74, 6) is 1.03. The third kappa shape index (κ3) is 2.71. The summed E-state index contributed by atoms with van der Waals surface area (Å²) in [5.41, 5.74) is 6.55. The number of hydrogen-bond donors (Lipinski definition) is 1. The lowest BCUT2D eigenvalue weighted by atomic mass is 10.3. The Morgan fingerprint density at radius 2 is 2.31 bits per heavy atom. The van der Waals surface area contributed by atoms with Crippen LogP contribution in [0.4, 0.5) is 5.82 Å². The topological polar surface area (TPSA) is 51.4 Å². The third-order valence-electron chi connectivity index (χ3n) is 2.82. The quantitative estimate of drug-likeness (QED) is 0.783. The van der Waals surface area contributed by atoms with E-state index in [1.165, 1.54) is 12.8 Å². The maximum absolute atomic E-state index is 5.61. The molecule has 4 nitrogen and oxygen atoms in total. The molecule has 2 N–H and O–H groups in total. The van der Waals surface area contributed by atoms with Crippen molar-refractivity contribution in [3.8, 4) is 0 Å². The lowest BCUT2D eigenvalue weighted by Crippen LogP contribution is -2.30. The summed E-state index contributed by atoms with van der Waals surface area (Å²) < 4.78 is 5.13. The number of pyridine rings is 1. The SMILES string of the molecule is COCCN(c1cccc(CN)n1)C1CC1. The van der Waals surface area contributed by atoms with Crippen LogP contribution in [0.2, 0.25) is 0 Å². The first-order valence-electron chi connectivity index (χ1n) is 5.76. The Balaban J connectivity index is 2.10. The normalized spacial score (nSPS) is 15.1. The van der Waals surface area contributed by atoms with E-state index >= 15 is 0 Å². The maximum Gasteiger partial charge on any atom is 0.129 e. The molecule has 1 aliphatic carbocycles. The molecule has 1 fully saturated rings. The number of nitrogens with two attached hydrogens (primary N) is 1. The van der Waals surface area contributed by atoms with Crippen LogP contribution in [0, 0.1) is 0 Å². The second-order valence-electron chi connectivity index (χ2n) is 4.11. The van der Waals surface area contributed by atoms with Crippen molar-refractivity contribution in [2.75, 3.05) is 25.2 Å². The van der Waals surface area contributed by atoms with Crippen molar-refractivity contribution in [1.82, 2.24) is 4.98 Å². The van der Waals surface area contributed by atoms with Gasteiger partial charge in [-0.1, -0.05) is 6.07 Å². The molecule has 4 heteroatoms. The number of nitrogens with zero attached hydrogens (tertiary/aromatic N) is 2. The first kappa shape index (κ1) is 11.4. The fourth-order valence-corrected chi connectivity index (χ4v) is 1.80. The summed E-state index contributed by atoms with van der Waals surface area (Å²) in [5, 5.41) is 0. The second kappa shape index (κ2) is 5.27. The zero-order valence-electron chi connectivity index (χ0n) is 9.72. The number of aromatic nitrogens is 1. The molecule has 0 unspecified atom stereocenters. The molecule has 0 radical (unpaired) electrons. The van der Waals surface area contributed by atoms with Gasteiger partial charge in [-0.05, 0) is 25.0 Å². The first-order chi connectivity index (χ1) is 7.85. The second-order valence-corrected chi connectivity index (χ2v) is 4.11. The van der Waals surface area contributed by atoms with Crippen LogP contribution in [0.15, 0.2) is 18.2 Å². The minimum atomic E-state index is 0.497. The molecule has 1 heterocycles. The van der Waals surface area contributed by atoms with Gasteiger partial charge in [0.2, 0.25) is 0 Å². The average molecular weight is 221 g/mol. The summed E-state index contributed by atoms with van der Waals surface area (Å²) in [7, 11) is 1.73. The fourth-order valence-electron chi connectivity index (χ4n) is 1.80. The Morgan fingerprint density at radius 1 is 1.50 bits per heavy atom. The Morgan fingerprint density at radius 3 is 2.94 bits per heavy atom. The average Bonchev–Trinajstić information content (AvgIpc) is 3.14. The van der Waals surface area contributed by atoms with E-state index in [-0.39, 0.29) is 0 Å². The molecule has 0 amide bonds. The minimum absolute atomic E-state index is 0.497. The van der Waals surface area contributed by atoms with E-state index in [1.807, 2.05) is 18.2 Å². The lowest BCUT2D eigenvalue weighted by Gasteiger charge is -2.23. The van der Waals surface area contributed by atoms with E-state index in [2.05, 4.69) is 9.88 Å². The third-order valence-corrected chi connectivity index (χ3v) is 2.82. The van der Waals surface area contributed by atoms with E-state index in [9.17, 15) is 0 Å². The van der Waals surface area contributed by atoms with Gasteiger partial charge in [0.05, 0.1) is 12.3 Å². The number of methoxy groups -OCH3 is 1. The van der Waals surface area contributed by atoms with E-state index in [0.717, 1.165) is 24.7 Å². The van der Waals surface area contributed by atoms with Gasteiger partial charge in [-0.2, -0.15) is 0 Å². The molecule has 1 saturated carbocycles. The Labute approximate surface area is 96.4 Å². The van der Waals surface area contributed by atoms with Crippen molar-refractivity contribution in [3.63, 3.8) is 0 Å². The van der Waals surface area contributed by atoms with Crippen LogP contribution in [-0.2, 0) is 11.3 Å². The van der Waals surface area contributed by atoms with Gasteiger partial charge in [-0.15, -0.1) is 0 Å². The van der Waals surface area contributed by atoms with Crippen LogP contribution in [0.3, 0.4) is 0 Å². The minimum Gasteiger partial charge on any atom is -0.383 e. The summed E-state index contributed by atoms with van der Waals surface area (Å²) in [4.78, 5) is 6.87. The summed E-state index contributed by atoms with van der Waals surface area (Å²) in [6.45, 7) is 2.14. The van der Waals surface area contributed by atoms with Gasteiger partial charge in [0.15, 0.2) is 0 Å². The molecule has 0 bridgehead atoms. The van der Waals surface area contributed by atoms with Gasteiger partial charge in [0.25, 0.3) is 0 Å². The number of ether oxygens (including phenoxy) is 1. The lowest BCUT2D eigenvalue weighted by molar-refractivity contribution is 0.204. The van der Waals surface area contributed by atoms with Crippen LogP contribution in [0.25, 0.3) is 0 Å². The van der Waals surface area contributed by atoms with Crippen LogP contribution >= 0.6 is 0 Å². The first-order valence-corrected chi connectivity index (χ1v) is 5.76. The molecule has 0 aromatic carbocycles. The van der Waals surface area contributed by atoms with Crippen molar-refractivity contribution in [2.45, 2.75) is 25.4 Å².